The van der Waals surface area contributed by atoms with Crippen molar-refractivity contribution in [1.29, 1.82) is 0 Å². The van der Waals surface area contributed by atoms with Gasteiger partial charge in [-0.15, -0.1) is 0 Å². The van der Waals surface area contributed by atoms with E-state index in [4.69, 9.17) is 5.11 Å². The molecule has 0 radical (unpaired) electrons. The van der Waals surface area contributed by atoms with Crippen molar-refractivity contribution in [2.75, 3.05) is 6.54 Å². The van der Waals surface area contributed by atoms with Crippen molar-refractivity contribution in [2.24, 2.45) is 0 Å². The van der Waals surface area contributed by atoms with Crippen LogP contribution in [0.25, 0.3) is 0 Å². The third-order valence-corrected chi connectivity index (χ3v) is 4.17. The van der Waals surface area contributed by atoms with Gasteiger partial charge in [0.05, 0.1) is 5.56 Å². The first-order valence-corrected chi connectivity index (χ1v) is 6.91. The van der Waals surface area contributed by atoms with E-state index in [1.807, 2.05) is 0 Å². The molecule has 0 spiro atoms. The summed E-state index contributed by atoms with van der Waals surface area (Å²) < 4.78 is 38.6. The maximum atomic E-state index is 12.7. The maximum absolute atomic E-state index is 12.7. The number of aliphatic carboxylic acids is 1. The number of halogens is 4. The summed E-state index contributed by atoms with van der Waals surface area (Å²) >= 11 is 3.22. The fourth-order valence-corrected chi connectivity index (χ4v) is 2.76. The number of carbonyl (C=O) groups is 1. The number of hydrogen-bond donors (Lipinski definition) is 1. The van der Waals surface area contributed by atoms with Gasteiger partial charge in [0.1, 0.15) is 6.04 Å². The highest BCUT2D eigenvalue weighted by atomic mass is 79.9. The van der Waals surface area contributed by atoms with Gasteiger partial charge in [0, 0.05) is 11.0 Å². The van der Waals surface area contributed by atoms with Crippen molar-refractivity contribution in [3.05, 3.63) is 33.8 Å². The van der Waals surface area contributed by atoms with Gasteiger partial charge in [-0.2, -0.15) is 13.2 Å². The lowest BCUT2D eigenvalue weighted by atomic mass is 10.1. The second-order valence-corrected chi connectivity index (χ2v) is 5.63. The molecule has 0 bridgehead atoms. The minimum absolute atomic E-state index is 0.196. The Hall–Kier alpha value is -1.08. The summed E-state index contributed by atoms with van der Waals surface area (Å²) in [6.45, 7) is 0.779. The molecule has 1 aliphatic rings. The zero-order chi connectivity index (χ0) is 14.9. The third kappa shape index (κ3) is 3.32. The number of carboxylic acid groups (broad SMARTS) is 1. The van der Waals surface area contributed by atoms with Crippen molar-refractivity contribution < 1.29 is 23.1 Å². The molecule has 1 aromatic rings. The molecule has 1 heterocycles. The average Bonchev–Trinajstić information content (AvgIpc) is 2.78. The summed E-state index contributed by atoms with van der Waals surface area (Å²) in [5.41, 5.74) is -0.269. The van der Waals surface area contributed by atoms with Gasteiger partial charge in [0.15, 0.2) is 0 Å². The number of alkyl halides is 3. The Balaban J connectivity index is 2.22. The maximum Gasteiger partial charge on any atom is 0.416 e. The summed E-state index contributed by atoms with van der Waals surface area (Å²) in [7, 11) is 0. The highest BCUT2D eigenvalue weighted by Crippen LogP contribution is 2.33. The zero-order valence-corrected chi connectivity index (χ0v) is 12.0. The van der Waals surface area contributed by atoms with E-state index in [9.17, 15) is 18.0 Å². The van der Waals surface area contributed by atoms with Crippen LogP contribution >= 0.6 is 15.9 Å². The van der Waals surface area contributed by atoms with Gasteiger partial charge in [0.25, 0.3) is 0 Å². The molecule has 0 unspecified atom stereocenters. The Morgan fingerprint density at radius 2 is 2.15 bits per heavy atom. The Kier molecular flexibility index (Phi) is 4.39. The van der Waals surface area contributed by atoms with Gasteiger partial charge in [-0.05, 0) is 43.1 Å². The van der Waals surface area contributed by atoms with Crippen molar-refractivity contribution in [3.63, 3.8) is 0 Å². The Labute approximate surface area is 122 Å². The molecule has 1 atom stereocenters. The van der Waals surface area contributed by atoms with Crippen LogP contribution in [0.15, 0.2) is 22.7 Å². The molecule has 0 amide bonds. The summed E-state index contributed by atoms with van der Waals surface area (Å²) in [5.74, 6) is -0.925. The van der Waals surface area contributed by atoms with Crippen LogP contribution in [0.2, 0.25) is 0 Å². The molecule has 0 aromatic heterocycles. The minimum atomic E-state index is -4.40. The van der Waals surface area contributed by atoms with Crippen molar-refractivity contribution in [3.8, 4) is 0 Å². The molecule has 0 aliphatic carbocycles. The smallest absolute Gasteiger partial charge is 0.416 e. The van der Waals surface area contributed by atoms with Crippen molar-refractivity contribution in [1.82, 2.24) is 4.90 Å². The van der Waals surface area contributed by atoms with Crippen LogP contribution in [0.1, 0.15) is 24.0 Å². The van der Waals surface area contributed by atoms with E-state index in [1.54, 1.807) is 4.90 Å². The van der Waals surface area contributed by atoms with Gasteiger partial charge >= 0.3 is 12.1 Å². The molecule has 20 heavy (non-hydrogen) atoms. The molecule has 1 N–H and O–H groups in total. The monoisotopic (exact) mass is 351 g/mol. The van der Waals surface area contributed by atoms with Crippen LogP contribution in [0.3, 0.4) is 0 Å². The molecular weight excluding hydrogens is 339 g/mol. The summed E-state index contributed by atoms with van der Waals surface area (Å²) in [6, 6.07) is 2.81. The predicted octanol–water partition coefficient (Wildman–Crippen LogP) is 3.52. The van der Waals surface area contributed by atoms with Crippen LogP contribution in [0.4, 0.5) is 13.2 Å². The number of carboxylic acids is 1. The van der Waals surface area contributed by atoms with Gasteiger partial charge < -0.3 is 5.11 Å². The molecule has 2 rings (SSSR count). The molecule has 0 saturated carbocycles. The fraction of sp³-hybridized carbons (Fsp3) is 0.462. The van der Waals surface area contributed by atoms with Gasteiger partial charge in [0.2, 0.25) is 0 Å². The lowest BCUT2D eigenvalue weighted by Gasteiger charge is -2.22. The Bertz CT molecular complexity index is 519. The van der Waals surface area contributed by atoms with E-state index in [0.29, 0.717) is 23.0 Å². The highest BCUT2D eigenvalue weighted by Gasteiger charge is 2.33. The van der Waals surface area contributed by atoms with E-state index < -0.39 is 23.8 Å². The number of likely N-dealkylation sites (tertiary alicyclic amines) is 1. The SMILES string of the molecule is O=C(O)[C@@H]1CCCN1Cc1cc(C(F)(F)F)ccc1Br. The highest BCUT2D eigenvalue weighted by molar-refractivity contribution is 9.10. The Morgan fingerprint density at radius 1 is 1.45 bits per heavy atom. The molecule has 7 heteroatoms. The Morgan fingerprint density at radius 3 is 2.75 bits per heavy atom. The average molecular weight is 352 g/mol. The van der Waals surface area contributed by atoms with E-state index in [1.165, 1.54) is 6.07 Å². The first-order valence-electron chi connectivity index (χ1n) is 6.11. The number of rotatable bonds is 3. The second kappa shape index (κ2) is 5.73. The molecular formula is C13H13BrF3NO2. The van der Waals surface area contributed by atoms with Crippen molar-refractivity contribution >= 4 is 21.9 Å². The topological polar surface area (TPSA) is 40.5 Å². The van der Waals surface area contributed by atoms with E-state index in [2.05, 4.69) is 15.9 Å². The van der Waals surface area contributed by atoms with Gasteiger partial charge in [-0.3, -0.25) is 9.69 Å². The van der Waals surface area contributed by atoms with Crippen LogP contribution in [0.5, 0.6) is 0 Å². The first-order chi connectivity index (χ1) is 9.29. The predicted molar refractivity (Wildman–Crippen MR) is 70.2 cm³/mol. The lowest BCUT2D eigenvalue weighted by molar-refractivity contribution is -0.142. The molecule has 3 nitrogen and oxygen atoms in total. The molecule has 1 aliphatic heterocycles. The standard InChI is InChI=1S/C13H13BrF3NO2/c14-10-4-3-9(13(15,16)17)6-8(10)7-18-5-1-2-11(18)12(19)20/h3-4,6,11H,1-2,5,7H2,(H,19,20)/t11-/m0/s1. The van der Waals surface area contributed by atoms with Gasteiger partial charge in [-0.25, -0.2) is 0 Å². The molecule has 1 fully saturated rings. The third-order valence-electron chi connectivity index (χ3n) is 3.40. The van der Waals surface area contributed by atoms with Crippen LogP contribution in [-0.2, 0) is 17.5 Å². The largest absolute Gasteiger partial charge is 0.480 e. The number of nitrogens with zero attached hydrogens (tertiary/aromatic N) is 1. The minimum Gasteiger partial charge on any atom is -0.480 e. The first kappa shape index (κ1) is 15.3. The van der Waals surface area contributed by atoms with Crippen LogP contribution in [-0.4, -0.2) is 28.6 Å². The van der Waals surface area contributed by atoms with Gasteiger partial charge in [-0.1, -0.05) is 15.9 Å². The van der Waals surface area contributed by atoms with E-state index >= 15 is 0 Å². The molecule has 1 aromatic carbocycles. The second-order valence-electron chi connectivity index (χ2n) is 4.77. The van der Waals surface area contributed by atoms with Crippen LogP contribution < -0.4 is 0 Å². The van der Waals surface area contributed by atoms with E-state index in [-0.39, 0.29) is 6.54 Å². The quantitative estimate of drug-likeness (QED) is 0.905. The fourth-order valence-electron chi connectivity index (χ4n) is 2.39. The number of hydrogen-bond acceptors (Lipinski definition) is 2. The summed E-state index contributed by atoms with van der Waals surface area (Å²) in [6.07, 6.45) is -3.12. The molecule has 110 valence electrons. The van der Waals surface area contributed by atoms with Crippen LogP contribution in [0, 0.1) is 0 Å². The zero-order valence-electron chi connectivity index (χ0n) is 10.5. The van der Waals surface area contributed by atoms with E-state index in [0.717, 1.165) is 18.6 Å². The molecule has 1 saturated heterocycles. The number of benzene rings is 1. The summed E-state index contributed by atoms with van der Waals surface area (Å²) in [5, 5.41) is 9.08. The normalized spacial score (nSPS) is 20.3. The van der Waals surface area contributed by atoms with Crippen molar-refractivity contribution in [2.45, 2.75) is 31.6 Å². The summed E-state index contributed by atoms with van der Waals surface area (Å²) in [4.78, 5) is 12.8. The lowest BCUT2D eigenvalue weighted by Crippen LogP contribution is -2.35.